The van der Waals surface area contributed by atoms with E-state index in [1.165, 1.54) is 16.1 Å². The van der Waals surface area contributed by atoms with Crippen LogP contribution < -0.4 is 0 Å². The molecular weight excluding hydrogens is 276 g/mol. The largest absolute Gasteiger partial charge is 0.468 e. The Kier molecular flexibility index (Phi) is 5.01. The highest BCUT2D eigenvalue weighted by molar-refractivity contribution is 8.00. The fourth-order valence-corrected chi connectivity index (χ4v) is 3.81. The van der Waals surface area contributed by atoms with E-state index in [0.717, 1.165) is 7.11 Å². The van der Waals surface area contributed by atoms with Gasteiger partial charge in [-0.2, -0.15) is 5.26 Å². The Bertz CT molecular complexity index is 447. The Hall–Kier alpha value is -0.780. The number of methoxy groups -OCH3 is 1. The molecule has 0 aromatic rings. The molecule has 6 nitrogen and oxygen atoms in total. The van der Waals surface area contributed by atoms with Gasteiger partial charge in [-0.3, -0.25) is 4.79 Å². The zero-order valence-corrected chi connectivity index (χ0v) is 12.0. The van der Waals surface area contributed by atoms with Gasteiger partial charge in [-0.25, -0.2) is 12.7 Å². The standard InChI is InChI=1S/C10H16N2O4S2/c1-16-9(13)7-18(14,15)12-5-3-10(8-11,17-2)4-6-12/h3-7H2,1-2H3. The number of nitrogens with zero attached hydrogens (tertiary/aromatic N) is 2. The van der Waals surface area contributed by atoms with Crippen LogP contribution in [0.3, 0.4) is 0 Å². The minimum atomic E-state index is -3.62. The fraction of sp³-hybridized carbons (Fsp3) is 0.800. The molecule has 0 aromatic carbocycles. The predicted octanol–water partition coefficient (Wildman–Crippen LogP) is 0.210. The van der Waals surface area contributed by atoms with E-state index in [9.17, 15) is 13.2 Å². The number of piperidine rings is 1. The van der Waals surface area contributed by atoms with E-state index in [0.29, 0.717) is 12.8 Å². The van der Waals surface area contributed by atoms with E-state index in [1.807, 2.05) is 6.26 Å². The third kappa shape index (κ3) is 3.37. The minimum Gasteiger partial charge on any atom is -0.468 e. The van der Waals surface area contributed by atoms with Gasteiger partial charge in [0, 0.05) is 13.1 Å². The van der Waals surface area contributed by atoms with Gasteiger partial charge in [0.25, 0.3) is 0 Å². The summed E-state index contributed by atoms with van der Waals surface area (Å²) >= 11 is 1.45. The first-order valence-electron chi connectivity index (χ1n) is 5.40. The van der Waals surface area contributed by atoms with Crippen molar-refractivity contribution in [3.05, 3.63) is 0 Å². The number of ether oxygens (including phenoxy) is 1. The first-order valence-corrected chi connectivity index (χ1v) is 8.23. The van der Waals surface area contributed by atoms with Gasteiger partial charge in [0.1, 0.15) is 4.75 Å². The first kappa shape index (κ1) is 15.3. The average molecular weight is 292 g/mol. The number of nitriles is 1. The van der Waals surface area contributed by atoms with E-state index >= 15 is 0 Å². The molecule has 0 atom stereocenters. The smallest absolute Gasteiger partial charge is 0.322 e. The summed E-state index contributed by atoms with van der Waals surface area (Å²) in [4.78, 5) is 11.0. The Morgan fingerprint density at radius 1 is 1.50 bits per heavy atom. The summed E-state index contributed by atoms with van der Waals surface area (Å²) in [5.41, 5.74) is 0. The number of hydrogen-bond donors (Lipinski definition) is 0. The molecule has 1 heterocycles. The molecule has 8 heteroatoms. The van der Waals surface area contributed by atoms with Gasteiger partial charge in [0.15, 0.2) is 5.75 Å². The van der Waals surface area contributed by atoms with Crippen molar-refractivity contribution in [1.82, 2.24) is 4.31 Å². The number of sulfonamides is 1. The molecule has 0 radical (unpaired) electrons. The summed E-state index contributed by atoms with van der Waals surface area (Å²) < 4.78 is 28.9. The van der Waals surface area contributed by atoms with Gasteiger partial charge in [0.05, 0.1) is 13.2 Å². The van der Waals surface area contributed by atoms with Gasteiger partial charge in [-0.05, 0) is 19.1 Å². The number of hydrogen-bond acceptors (Lipinski definition) is 6. The third-order valence-electron chi connectivity index (χ3n) is 3.05. The maximum absolute atomic E-state index is 11.9. The second-order valence-corrected chi connectivity index (χ2v) is 7.20. The van der Waals surface area contributed by atoms with Crippen LogP contribution >= 0.6 is 11.8 Å². The quantitative estimate of drug-likeness (QED) is 0.688. The molecule has 1 rings (SSSR count). The van der Waals surface area contributed by atoms with Crippen molar-refractivity contribution >= 4 is 27.8 Å². The van der Waals surface area contributed by atoms with E-state index in [4.69, 9.17) is 5.26 Å². The number of carbonyl (C=O) groups is 1. The van der Waals surface area contributed by atoms with Gasteiger partial charge < -0.3 is 4.74 Å². The van der Waals surface area contributed by atoms with E-state index in [-0.39, 0.29) is 13.1 Å². The van der Waals surface area contributed by atoms with Crippen molar-refractivity contribution in [3.8, 4) is 6.07 Å². The summed E-state index contributed by atoms with van der Waals surface area (Å²) in [6.45, 7) is 0.543. The van der Waals surface area contributed by atoms with Crippen LogP contribution in [0.1, 0.15) is 12.8 Å². The first-order chi connectivity index (χ1) is 8.39. The molecular formula is C10H16N2O4S2. The van der Waals surface area contributed by atoms with E-state index in [2.05, 4.69) is 10.8 Å². The van der Waals surface area contributed by atoms with Gasteiger partial charge in [-0.1, -0.05) is 0 Å². The lowest BCUT2D eigenvalue weighted by molar-refractivity contribution is -0.137. The van der Waals surface area contributed by atoms with E-state index < -0.39 is 26.5 Å². The van der Waals surface area contributed by atoms with Crippen LogP contribution in [0.5, 0.6) is 0 Å². The predicted molar refractivity (Wildman–Crippen MR) is 68.5 cm³/mol. The molecule has 0 amide bonds. The van der Waals surface area contributed by atoms with Crippen LogP contribution in [0.15, 0.2) is 0 Å². The number of rotatable bonds is 4. The monoisotopic (exact) mass is 292 g/mol. The van der Waals surface area contributed by atoms with Crippen molar-refractivity contribution in [2.24, 2.45) is 0 Å². The van der Waals surface area contributed by atoms with Crippen molar-refractivity contribution in [2.45, 2.75) is 17.6 Å². The molecule has 1 aliphatic rings. The molecule has 0 bridgehead atoms. The molecule has 0 aromatic heterocycles. The zero-order chi connectivity index (χ0) is 13.8. The third-order valence-corrected chi connectivity index (χ3v) is 6.08. The van der Waals surface area contributed by atoms with Crippen LogP contribution in [0.2, 0.25) is 0 Å². The van der Waals surface area contributed by atoms with Gasteiger partial charge >= 0.3 is 5.97 Å². The molecule has 1 fully saturated rings. The Balaban J connectivity index is 2.68. The average Bonchev–Trinajstić information content (AvgIpc) is 2.38. The summed E-state index contributed by atoms with van der Waals surface area (Å²) in [5.74, 6) is -1.40. The topological polar surface area (TPSA) is 87.5 Å². The highest BCUT2D eigenvalue weighted by atomic mass is 32.2. The maximum Gasteiger partial charge on any atom is 0.322 e. The molecule has 0 spiro atoms. The second kappa shape index (κ2) is 5.91. The van der Waals surface area contributed by atoms with Crippen LogP contribution in [0.25, 0.3) is 0 Å². The highest BCUT2D eigenvalue weighted by Gasteiger charge is 2.38. The minimum absolute atomic E-state index is 0.272. The summed E-state index contributed by atoms with van der Waals surface area (Å²) in [7, 11) is -2.47. The SMILES string of the molecule is COC(=O)CS(=O)(=O)N1CCC(C#N)(SC)CC1. The molecule has 18 heavy (non-hydrogen) atoms. The Morgan fingerprint density at radius 2 is 2.06 bits per heavy atom. The maximum atomic E-state index is 11.9. The molecule has 1 saturated heterocycles. The lowest BCUT2D eigenvalue weighted by Gasteiger charge is -2.35. The number of thioether (sulfide) groups is 1. The van der Waals surface area contributed by atoms with Crippen LogP contribution in [-0.2, 0) is 19.6 Å². The zero-order valence-electron chi connectivity index (χ0n) is 10.4. The fourth-order valence-electron chi connectivity index (χ4n) is 1.79. The van der Waals surface area contributed by atoms with Gasteiger partial charge in [-0.15, -0.1) is 11.8 Å². The molecule has 0 unspecified atom stereocenters. The van der Waals surface area contributed by atoms with E-state index in [1.54, 1.807) is 0 Å². The van der Waals surface area contributed by atoms with Crippen molar-refractivity contribution < 1.29 is 17.9 Å². The lowest BCUT2D eigenvalue weighted by atomic mass is 9.99. The van der Waals surface area contributed by atoms with Crippen LogP contribution in [0.4, 0.5) is 0 Å². The summed E-state index contributed by atoms with van der Waals surface area (Å²) in [6, 6.07) is 2.24. The Labute approximate surface area is 111 Å². The number of carbonyl (C=O) groups excluding carboxylic acids is 1. The molecule has 0 N–H and O–H groups in total. The molecule has 0 aliphatic carbocycles. The Morgan fingerprint density at radius 3 is 2.44 bits per heavy atom. The van der Waals surface area contributed by atoms with Crippen molar-refractivity contribution in [3.63, 3.8) is 0 Å². The van der Waals surface area contributed by atoms with Crippen LogP contribution in [0, 0.1) is 11.3 Å². The lowest BCUT2D eigenvalue weighted by Crippen LogP contribution is -2.46. The molecule has 1 aliphatic heterocycles. The van der Waals surface area contributed by atoms with Crippen molar-refractivity contribution in [1.29, 1.82) is 5.26 Å². The molecule has 0 saturated carbocycles. The summed E-state index contributed by atoms with van der Waals surface area (Å²) in [6.07, 6.45) is 2.80. The summed E-state index contributed by atoms with van der Waals surface area (Å²) in [5, 5.41) is 9.10. The highest BCUT2D eigenvalue weighted by Crippen LogP contribution is 2.34. The van der Waals surface area contributed by atoms with Gasteiger partial charge in [0.2, 0.25) is 10.0 Å². The normalized spacial score (nSPS) is 20.1. The molecule has 102 valence electrons. The number of esters is 1. The van der Waals surface area contributed by atoms with Crippen LogP contribution in [-0.4, -0.2) is 55.6 Å². The van der Waals surface area contributed by atoms with Crippen molar-refractivity contribution in [2.75, 3.05) is 32.2 Å². The second-order valence-electron chi connectivity index (χ2n) is 4.04.